The highest BCUT2D eigenvalue weighted by Gasteiger charge is 2.50. The van der Waals surface area contributed by atoms with Gasteiger partial charge in [0.25, 0.3) is 16.4 Å². The van der Waals surface area contributed by atoms with Crippen LogP contribution in [0.25, 0.3) is 0 Å². The zero-order valence-corrected chi connectivity index (χ0v) is 20.2. The first kappa shape index (κ1) is 24.2. The van der Waals surface area contributed by atoms with Crippen LogP contribution in [0.15, 0.2) is 77.8 Å². The number of rotatable bonds is 5. The molecule has 2 aliphatic heterocycles. The van der Waals surface area contributed by atoms with E-state index in [9.17, 15) is 22.0 Å². The molecule has 0 saturated carbocycles. The summed E-state index contributed by atoms with van der Waals surface area (Å²) >= 11 is 0. The summed E-state index contributed by atoms with van der Waals surface area (Å²) < 4.78 is 59.7. The number of piperidine rings is 1. The number of alkyl halides is 2. The topological polar surface area (TPSA) is 79.8 Å². The highest BCUT2D eigenvalue weighted by atomic mass is 32.2. The molecule has 0 N–H and O–H groups in total. The number of amides is 1. The minimum Gasteiger partial charge on any atom is -0.445 e. The lowest BCUT2D eigenvalue weighted by Crippen LogP contribution is -2.48. The maximum atomic E-state index is 13.5. The van der Waals surface area contributed by atoms with Crippen molar-refractivity contribution < 1.29 is 26.7 Å². The van der Waals surface area contributed by atoms with E-state index in [1.165, 1.54) is 16.4 Å². The fraction of sp³-hybridized carbons (Fsp3) is 0.308. The van der Waals surface area contributed by atoms with E-state index in [-0.39, 0.29) is 23.6 Å². The van der Waals surface area contributed by atoms with Crippen LogP contribution in [0.3, 0.4) is 0 Å². The van der Waals surface area contributed by atoms with E-state index in [1.54, 1.807) is 23.2 Å². The second kappa shape index (κ2) is 9.50. The monoisotopic (exact) mass is 513 g/mol. The molecule has 3 heterocycles. The van der Waals surface area contributed by atoms with Crippen LogP contribution in [0.4, 0.5) is 19.3 Å². The number of ether oxygens (including phenoxy) is 1. The second-order valence-electron chi connectivity index (χ2n) is 9.06. The highest BCUT2D eigenvalue weighted by Crippen LogP contribution is 2.47. The number of carbonyl (C=O) groups excluding carboxylic acids is 1. The molecule has 1 fully saturated rings. The SMILES string of the molecule is O=C(OCc1ccccc1)N1CCC2(CC1)CN(S(=O)(=O)c1ccc(C(F)F)cc1)c1cccnc12. The molecule has 2 aliphatic rings. The lowest BCUT2D eigenvalue weighted by atomic mass is 9.77. The van der Waals surface area contributed by atoms with Crippen molar-refractivity contribution in [2.75, 3.05) is 23.9 Å². The zero-order chi connectivity index (χ0) is 25.3. The Hall–Kier alpha value is -3.53. The van der Waals surface area contributed by atoms with Crippen molar-refractivity contribution in [2.45, 2.75) is 36.2 Å². The average molecular weight is 514 g/mol. The standard InChI is InChI=1S/C26H25F2N3O4S/c27-24(28)20-8-10-21(11-9-20)36(33,34)31-18-26(23-22(31)7-4-14-29-23)12-15-30(16-13-26)25(32)35-17-19-5-2-1-3-6-19/h1-11,14,24H,12-13,15-18H2. The van der Waals surface area contributed by atoms with Gasteiger partial charge in [-0.15, -0.1) is 0 Å². The molecule has 2 aromatic carbocycles. The van der Waals surface area contributed by atoms with Crippen molar-refractivity contribution in [3.05, 3.63) is 89.7 Å². The predicted molar refractivity (Wildman–Crippen MR) is 129 cm³/mol. The van der Waals surface area contributed by atoms with Gasteiger partial charge in [-0.05, 0) is 42.7 Å². The number of nitrogens with zero attached hydrogens (tertiary/aromatic N) is 3. The molecule has 3 aromatic rings. The molecule has 1 saturated heterocycles. The molecular weight excluding hydrogens is 488 g/mol. The summed E-state index contributed by atoms with van der Waals surface area (Å²) in [6, 6.07) is 17.5. The largest absolute Gasteiger partial charge is 0.445 e. The van der Waals surface area contributed by atoms with E-state index in [2.05, 4.69) is 4.98 Å². The van der Waals surface area contributed by atoms with E-state index in [0.29, 0.717) is 37.3 Å². The van der Waals surface area contributed by atoms with Crippen LogP contribution in [0.1, 0.15) is 36.1 Å². The van der Waals surface area contributed by atoms with E-state index in [1.807, 2.05) is 30.3 Å². The van der Waals surface area contributed by atoms with Crippen LogP contribution in [0, 0.1) is 0 Å². The third-order valence-electron chi connectivity index (χ3n) is 6.91. The summed E-state index contributed by atoms with van der Waals surface area (Å²) in [6.45, 7) is 1.16. The molecule has 0 radical (unpaired) electrons. The second-order valence-corrected chi connectivity index (χ2v) is 10.9. The number of halogens is 2. The van der Waals surface area contributed by atoms with Gasteiger partial charge in [0, 0.05) is 36.8 Å². The van der Waals surface area contributed by atoms with Crippen molar-refractivity contribution in [2.24, 2.45) is 0 Å². The quantitative estimate of drug-likeness (QED) is 0.485. The van der Waals surface area contributed by atoms with Gasteiger partial charge in [-0.3, -0.25) is 9.29 Å². The van der Waals surface area contributed by atoms with E-state index in [0.717, 1.165) is 17.7 Å². The van der Waals surface area contributed by atoms with Crippen LogP contribution >= 0.6 is 0 Å². The number of carbonyl (C=O) groups is 1. The third kappa shape index (κ3) is 4.41. The minimum atomic E-state index is -4.00. The van der Waals surface area contributed by atoms with Crippen molar-refractivity contribution >= 4 is 21.8 Å². The highest BCUT2D eigenvalue weighted by molar-refractivity contribution is 7.92. The number of likely N-dealkylation sites (tertiary alicyclic amines) is 1. The smallest absolute Gasteiger partial charge is 0.410 e. The van der Waals surface area contributed by atoms with Gasteiger partial charge in [0.05, 0.1) is 16.3 Å². The van der Waals surface area contributed by atoms with Crippen LogP contribution in [-0.2, 0) is 26.8 Å². The Bertz CT molecular complexity index is 1340. The van der Waals surface area contributed by atoms with Gasteiger partial charge in [0.2, 0.25) is 0 Å². The molecule has 5 rings (SSSR count). The first-order valence-electron chi connectivity index (χ1n) is 11.6. The van der Waals surface area contributed by atoms with Gasteiger partial charge < -0.3 is 9.64 Å². The maximum absolute atomic E-state index is 13.5. The molecule has 0 aliphatic carbocycles. The molecule has 1 spiro atoms. The Morgan fingerprint density at radius 3 is 2.36 bits per heavy atom. The minimum absolute atomic E-state index is 0.0549. The van der Waals surface area contributed by atoms with Gasteiger partial charge in [0.1, 0.15) is 6.61 Å². The number of pyridine rings is 1. The number of anilines is 1. The normalized spacial score (nSPS) is 16.9. The summed E-state index contributed by atoms with van der Waals surface area (Å²) in [5.41, 5.74) is 1.27. The Morgan fingerprint density at radius 2 is 1.69 bits per heavy atom. The Balaban J connectivity index is 1.32. The maximum Gasteiger partial charge on any atom is 0.410 e. The van der Waals surface area contributed by atoms with Crippen LogP contribution in [-0.4, -0.2) is 44.0 Å². The fourth-order valence-corrected chi connectivity index (χ4v) is 6.45. The summed E-state index contributed by atoms with van der Waals surface area (Å²) in [5, 5.41) is 0. The Labute approximate surface area is 208 Å². The van der Waals surface area contributed by atoms with Crippen molar-refractivity contribution in [1.29, 1.82) is 0 Å². The van der Waals surface area contributed by atoms with Crippen molar-refractivity contribution in [3.8, 4) is 0 Å². The van der Waals surface area contributed by atoms with Crippen molar-refractivity contribution in [1.82, 2.24) is 9.88 Å². The Morgan fingerprint density at radius 1 is 1.00 bits per heavy atom. The molecule has 1 aromatic heterocycles. The summed E-state index contributed by atoms with van der Waals surface area (Å²) in [5.74, 6) is 0. The molecule has 1 amide bonds. The first-order chi connectivity index (χ1) is 17.3. The molecule has 0 bridgehead atoms. The number of benzene rings is 2. The van der Waals surface area contributed by atoms with Gasteiger partial charge in [-0.25, -0.2) is 22.0 Å². The third-order valence-corrected chi connectivity index (χ3v) is 8.68. The lowest BCUT2D eigenvalue weighted by Gasteiger charge is -2.38. The molecule has 10 heteroatoms. The summed E-state index contributed by atoms with van der Waals surface area (Å²) in [7, 11) is -4.00. The summed E-state index contributed by atoms with van der Waals surface area (Å²) in [6.07, 6.45) is -0.404. The fourth-order valence-electron chi connectivity index (χ4n) is 4.89. The van der Waals surface area contributed by atoms with Gasteiger partial charge in [-0.2, -0.15) is 0 Å². The number of sulfonamides is 1. The number of hydrogen-bond donors (Lipinski definition) is 0. The lowest BCUT2D eigenvalue weighted by molar-refractivity contribution is 0.0787. The average Bonchev–Trinajstić information content (AvgIpc) is 3.23. The molecule has 0 atom stereocenters. The van der Waals surface area contributed by atoms with Crippen LogP contribution in [0.2, 0.25) is 0 Å². The number of aromatic nitrogens is 1. The number of hydrogen-bond acceptors (Lipinski definition) is 5. The molecule has 36 heavy (non-hydrogen) atoms. The predicted octanol–water partition coefficient (Wildman–Crippen LogP) is 4.90. The van der Waals surface area contributed by atoms with Gasteiger partial charge in [-0.1, -0.05) is 42.5 Å². The molecular formula is C26H25F2N3O4S. The van der Waals surface area contributed by atoms with Gasteiger partial charge in [0.15, 0.2) is 0 Å². The number of fused-ring (bicyclic) bond motifs is 2. The van der Waals surface area contributed by atoms with Gasteiger partial charge >= 0.3 is 6.09 Å². The van der Waals surface area contributed by atoms with E-state index >= 15 is 0 Å². The zero-order valence-electron chi connectivity index (χ0n) is 19.4. The van der Waals surface area contributed by atoms with Crippen LogP contribution < -0.4 is 4.31 Å². The molecule has 0 unspecified atom stereocenters. The Kier molecular flexibility index (Phi) is 6.38. The van der Waals surface area contributed by atoms with E-state index < -0.39 is 28.0 Å². The summed E-state index contributed by atoms with van der Waals surface area (Å²) in [4.78, 5) is 18.8. The molecule has 7 nitrogen and oxygen atoms in total. The van der Waals surface area contributed by atoms with Crippen LogP contribution in [0.5, 0.6) is 0 Å². The molecule has 188 valence electrons. The first-order valence-corrected chi connectivity index (χ1v) is 13.1. The van der Waals surface area contributed by atoms with E-state index in [4.69, 9.17) is 4.74 Å². The van der Waals surface area contributed by atoms with Crippen molar-refractivity contribution in [3.63, 3.8) is 0 Å².